The highest BCUT2D eigenvalue weighted by atomic mass is 19.1. The normalized spacial score (nSPS) is 19.4. The van der Waals surface area contributed by atoms with E-state index in [1.807, 2.05) is 18.7 Å². The highest BCUT2D eigenvalue weighted by molar-refractivity contribution is 5.55. The van der Waals surface area contributed by atoms with Gasteiger partial charge in [0.15, 0.2) is 0 Å². The Morgan fingerprint density at radius 1 is 1.47 bits per heavy atom. The summed E-state index contributed by atoms with van der Waals surface area (Å²) in [4.78, 5) is 1.95. The van der Waals surface area contributed by atoms with Gasteiger partial charge in [0.25, 0.3) is 0 Å². The van der Waals surface area contributed by atoms with Crippen molar-refractivity contribution < 1.29 is 14.2 Å². The number of benzene rings is 1. The van der Waals surface area contributed by atoms with Crippen LogP contribution in [0.15, 0.2) is 18.2 Å². The van der Waals surface area contributed by atoms with Crippen molar-refractivity contribution in [2.45, 2.75) is 26.1 Å². The van der Waals surface area contributed by atoms with Crippen molar-refractivity contribution in [2.24, 2.45) is 0 Å². The van der Waals surface area contributed by atoms with Crippen LogP contribution in [0.3, 0.4) is 0 Å². The van der Waals surface area contributed by atoms with E-state index in [1.54, 1.807) is 12.1 Å². The van der Waals surface area contributed by atoms with E-state index in [4.69, 9.17) is 4.74 Å². The maximum absolute atomic E-state index is 13.9. The van der Waals surface area contributed by atoms with Gasteiger partial charge in [-0.3, -0.25) is 0 Å². The van der Waals surface area contributed by atoms with E-state index in [1.165, 1.54) is 6.07 Å². The monoisotopic (exact) mass is 239 g/mol. The first kappa shape index (κ1) is 12.3. The number of aliphatic hydroxyl groups is 1. The number of halogens is 1. The molecule has 1 N–H and O–H groups in total. The van der Waals surface area contributed by atoms with Crippen LogP contribution in [0.1, 0.15) is 19.4 Å². The molecule has 0 saturated carbocycles. The molecule has 1 fully saturated rings. The number of para-hydroxylation sites is 1. The third-order valence-corrected chi connectivity index (χ3v) is 2.98. The van der Waals surface area contributed by atoms with Crippen LogP contribution in [0.5, 0.6) is 0 Å². The lowest BCUT2D eigenvalue weighted by molar-refractivity contribution is -0.0279. The molecule has 1 saturated heterocycles. The second-order valence-corrected chi connectivity index (χ2v) is 4.94. The van der Waals surface area contributed by atoms with E-state index < -0.39 is 0 Å². The highest BCUT2D eigenvalue weighted by Gasteiger charge is 2.29. The molecule has 1 heterocycles. The SMILES string of the molecule is CC1(C)CN(c2c(F)cccc2CO)CCO1. The molecular weight excluding hydrogens is 221 g/mol. The summed E-state index contributed by atoms with van der Waals surface area (Å²) in [6.45, 7) is 5.67. The largest absolute Gasteiger partial charge is 0.392 e. The molecule has 1 aliphatic heterocycles. The molecule has 0 radical (unpaired) electrons. The fourth-order valence-electron chi connectivity index (χ4n) is 2.25. The number of rotatable bonds is 2. The number of nitrogens with zero attached hydrogens (tertiary/aromatic N) is 1. The van der Waals surface area contributed by atoms with E-state index in [2.05, 4.69) is 0 Å². The van der Waals surface area contributed by atoms with Gasteiger partial charge in [-0.15, -0.1) is 0 Å². The zero-order valence-corrected chi connectivity index (χ0v) is 10.2. The van der Waals surface area contributed by atoms with Crippen molar-refractivity contribution in [3.8, 4) is 0 Å². The second kappa shape index (κ2) is 4.63. The smallest absolute Gasteiger partial charge is 0.146 e. The van der Waals surface area contributed by atoms with Crippen LogP contribution in [0.2, 0.25) is 0 Å². The molecule has 0 aliphatic carbocycles. The highest BCUT2D eigenvalue weighted by Crippen LogP contribution is 2.28. The first-order valence-electron chi connectivity index (χ1n) is 5.81. The molecule has 0 atom stereocenters. The number of morpholine rings is 1. The average Bonchev–Trinajstić information content (AvgIpc) is 2.27. The predicted molar refractivity (Wildman–Crippen MR) is 64.6 cm³/mol. The van der Waals surface area contributed by atoms with Gasteiger partial charge in [-0.1, -0.05) is 12.1 Å². The Morgan fingerprint density at radius 3 is 2.88 bits per heavy atom. The summed E-state index contributed by atoms with van der Waals surface area (Å²) in [5.74, 6) is -0.283. The number of hydrogen-bond acceptors (Lipinski definition) is 3. The topological polar surface area (TPSA) is 32.7 Å². The number of aliphatic hydroxyl groups excluding tert-OH is 1. The number of ether oxygens (including phenoxy) is 1. The maximum atomic E-state index is 13.9. The van der Waals surface area contributed by atoms with Crippen LogP contribution in [0.25, 0.3) is 0 Å². The zero-order chi connectivity index (χ0) is 12.5. The van der Waals surface area contributed by atoms with Gasteiger partial charge in [-0.05, 0) is 19.9 Å². The Balaban J connectivity index is 2.33. The third-order valence-electron chi connectivity index (χ3n) is 2.98. The molecular formula is C13H18FNO2. The lowest BCUT2D eigenvalue weighted by atomic mass is 10.0. The maximum Gasteiger partial charge on any atom is 0.146 e. The Bertz CT molecular complexity index is 406. The van der Waals surface area contributed by atoms with Gasteiger partial charge in [0.1, 0.15) is 5.82 Å². The summed E-state index contributed by atoms with van der Waals surface area (Å²) in [6, 6.07) is 4.80. The zero-order valence-electron chi connectivity index (χ0n) is 10.2. The fourth-order valence-corrected chi connectivity index (χ4v) is 2.25. The fraction of sp³-hybridized carbons (Fsp3) is 0.538. The van der Waals surface area contributed by atoms with Crippen LogP contribution in [0.4, 0.5) is 10.1 Å². The van der Waals surface area contributed by atoms with E-state index >= 15 is 0 Å². The van der Waals surface area contributed by atoms with Crippen molar-refractivity contribution >= 4 is 5.69 Å². The molecule has 1 aromatic rings. The van der Waals surface area contributed by atoms with Gasteiger partial charge in [-0.25, -0.2) is 4.39 Å². The lowest BCUT2D eigenvalue weighted by Crippen LogP contribution is -2.49. The van der Waals surface area contributed by atoms with Gasteiger partial charge >= 0.3 is 0 Å². The van der Waals surface area contributed by atoms with E-state index in [9.17, 15) is 9.50 Å². The minimum Gasteiger partial charge on any atom is -0.392 e. The lowest BCUT2D eigenvalue weighted by Gasteiger charge is -2.40. The van der Waals surface area contributed by atoms with Crippen LogP contribution in [-0.2, 0) is 11.3 Å². The molecule has 0 aromatic heterocycles. The van der Waals surface area contributed by atoms with Crippen molar-refractivity contribution in [3.05, 3.63) is 29.6 Å². The van der Waals surface area contributed by atoms with Crippen molar-refractivity contribution in [1.29, 1.82) is 0 Å². The van der Waals surface area contributed by atoms with Gasteiger partial charge in [0.05, 0.1) is 24.5 Å². The van der Waals surface area contributed by atoms with E-state index in [0.717, 1.165) is 0 Å². The molecule has 17 heavy (non-hydrogen) atoms. The third kappa shape index (κ3) is 2.58. The molecule has 3 nitrogen and oxygen atoms in total. The summed E-state index contributed by atoms with van der Waals surface area (Å²) in [5, 5.41) is 9.28. The molecule has 1 aliphatic rings. The molecule has 94 valence electrons. The first-order chi connectivity index (χ1) is 8.03. The molecule has 0 spiro atoms. The molecule has 4 heteroatoms. The van der Waals surface area contributed by atoms with Crippen molar-refractivity contribution in [1.82, 2.24) is 0 Å². The van der Waals surface area contributed by atoms with Crippen LogP contribution >= 0.6 is 0 Å². The second-order valence-electron chi connectivity index (χ2n) is 4.94. The molecule has 0 bridgehead atoms. The Morgan fingerprint density at radius 2 is 2.24 bits per heavy atom. The first-order valence-corrected chi connectivity index (χ1v) is 5.81. The number of hydrogen-bond donors (Lipinski definition) is 1. The Labute approximate surface area is 101 Å². The van der Waals surface area contributed by atoms with Gasteiger partial charge in [-0.2, -0.15) is 0 Å². The molecule has 0 amide bonds. The average molecular weight is 239 g/mol. The van der Waals surface area contributed by atoms with E-state index in [0.29, 0.717) is 30.9 Å². The Kier molecular flexibility index (Phi) is 3.35. The quantitative estimate of drug-likeness (QED) is 0.856. The summed E-state index contributed by atoms with van der Waals surface area (Å²) in [5.41, 5.74) is 0.849. The molecule has 2 rings (SSSR count). The predicted octanol–water partition coefficient (Wildman–Crippen LogP) is 1.93. The molecule has 0 unspecified atom stereocenters. The summed E-state index contributed by atoms with van der Waals surface area (Å²) < 4.78 is 19.5. The summed E-state index contributed by atoms with van der Waals surface area (Å²) in [6.07, 6.45) is 0. The minimum atomic E-state index is -0.284. The Hall–Kier alpha value is -1.13. The summed E-state index contributed by atoms with van der Waals surface area (Å²) >= 11 is 0. The van der Waals surface area contributed by atoms with Crippen LogP contribution in [0, 0.1) is 5.82 Å². The molecule has 1 aromatic carbocycles. The summed E-state index contributed by atoms with van der Waals surface area (Å²) in [7, 11) is 0. The van der Waals surface area contributed by atoms with E-state index in [-0.39, 0.29) is 18.0 Å². The van der Waals surface area contributed by atoms with Crippen molar-refractivity contribution in [3.63, 3.8) is 0 Å². The minimum absolute atomic E-state index is 0.148. The van der Waals surface area contributed by atoms with Gasteiger partial charge in [0, 0.05) is 18.7 Å². The van der Waals surface area contributed by atoms with Crippen LogP contribution < -0.4 is 4.90 Å². The standard InChI is InChI=1S/C13H18FNO2/c1-13(2)9-15(6-7-17-13)12-10(8-16)4-3-5-11(12)14/h3-5,16H,6-9H2,1-2H3. The van der Waals surface area contributed by atoms with Crippen molar-refractivity contribution in [2.75, 3.05) is 24.6 Å². The van der Waals surface area contributed by atoms with Gasteiger partial charge in [0.2, 0.25) is 0 Å². The number of anilines is 1. The van der Waals surface area contributed by atoms with Gasteiger partial charge < -0.3 is 14.7 Å². The van der Waals surface area contributed by atoms with Crippen LogP contribution in [-0.4, -0.2) is 30.4 Å².